The summed E-state index contributed by atoms with van der Waals surface area (Å²) in [5.41, 5.74) is 1.57. The van der Waals surface area contributed by atoms with Crippen molar-refractivity contribution in [3.8, 4) is 5.75 Å². The molecule has 0 saturated heterocycles. The molecule has 1 unspecified atom stereocenters. The average molecular weight is 415 g/mol. The van der Waals surface area contributed by atoms with E-state index in [0.29, 0.717) is 29.0 Å². The van der Waals surface area contributed by atoms with Crippen molar-refractivity contribution in [3.63, 3.8) is 0 Å². The molecule has 1 amide bonds. The molecular formula is C25H18FNO4. The lowest BCUT2D eigenvalue weighted by Gasteiger charge is -2.25. The van der Waals surface area contributed by atoms with Crippen LogP contribution in [0.15, 0.2) is 82.0 Å². The molecule has 5 nitrogen and oxygen atoms in total. The molecule has 1 aliphatic rings. The number of hydrogen-bond donors (Lipinski definition) is 0. The summed E-state index contributed by atoms with van der Waals surface area (Å²) >= 11 is 0. The zero-order valence-corrected chi connectivity index (χ0v) is 16.7. The number of nitrogens with zero attached hydrogens (tertiary/aromatic N) is 1. The van der Waals surface area contributed by atoms with Gasteiger partial charge < -0.3 is 9.15 Å². The van der Waals surface area contributed by atoms with Crippen molar-refractivity contribution in [2.75, 3.05) is 11.5 Å². The quantitative estimate of drug-likeness (QED) is 0.466. The topological polar surface area (TPSA) is 59.8 Å². The predicted molar refractivity (Wildman–Crippen MR) is 115 cm³/mol. The van der Waals surface area contributed by atoms with E-state index in [1.807, 2.05) is 19.1 Å². The number of hydrogen-bond acceptors (Lipinski definition) is 4. The third-order valence-corrected chi connectivity index (χ3v) is 5.39. The lowest BCUT2D eigenvalue weighted by molar-refractivity contribution is 0.0971. The molecule has 5 rings (SSSR count). The minimum absolute atomic E-state index is 0.00640. The second-order valence-corrected chi connectivity index (χ2v) is 7.23. The van der Waals surface area contributed by atoms with Crippen LogP contribution in [0.25, 0.3) is 11.0 Å². The third kappa shape index (κ3) is 3.08. The van der Waals surface area contributed by atoms with Crippen LogP contribution in [-0.2, 0) is 0 Å². The van der Waals surface area contributed by atoms with Gasteiger partial charge >= 0.3 is 0 Å². The van der Waals surface area contributed by atoms with Gasteiger partial charge in [0.15, 0.2) is 5.43 Å². The van der Waals surface area contributed by atoms with Gasteiger partial charge in [-0.05, 0) is 61.0 Å². The molecule has 154 valence electrons. The van der Waals surface area contributed by atoms with E-state index < -0.39 is 17.8 Å². The van der Waals surface area contributed by atoms with E-state index in [2.05, 4.69) is 0 Å². The summed E-state index contributed by atoms with van der Waals surface area (Å²) in [5, 5.41) is 0.408. The lowest BCUT2D eigenvalue weighted by Crippen LogP contribution is -2.29. The van der Waals surface area contributed by atoms with Crippen LogP contribution in [0, 0.1) is 5.82 Å². The fraction of sp³-hybridized carbons (Fsp3) is 0.120. The van der Waals surface area contributed by atoms with Crippen LogP contribution in [0.4, 0.5) is 10.1 Å². The number of ether oxygens (including phenoxy) is 1. The van der Waals surface area contributed by atoms with Crippen molar-refractivity contribution in [3.05, 3.63) is 106 Å². The Balaban J connectivity index is 1.75. The number of para-hydroxylation sites is 1. The van der Waals surface area contributed by atoms with Gasteiger partial charge in [-0.1, -0.05) is 24.3 Å². The molecule has 0 aliphatic carbocycles. The molecule has 0 spiro atoms. The fourth-order valence-electron chi connectivity index (χ4n) is 4.02. The van der Waals surface area contributed by atoms with Gasteiger partial charge in [-0.25, -0.2) is 4.39 Å². The van der Waals surface area contributed by atoms with E-state index in [4.69, 9.17) is 9.15 Å². The van der Waals surface area contributed by atoms with E-state index >= 15 is 0 Å². The first-order valence-corrected chi connectivity index (χ1v) is 9.96. The van der Waals surface area contributed by atoms with E-state index in [-0.39, 0.29) is 16.8 Å². The zero-order chi connectivity index (χ0) is 21.5. The van der Waals surface area contributed by atoms with Gasteiger partial charge in [-0.3, -0.25) is 14.5 Å². The molecule has 0 bridgehead atoms. The summed E-state index contributed by atoms with van der Waals surface area (Å²) in [6.45, 7) is 2.42. The maximum Gasteiger partial charge on any atom is 0.295 e. The summed E-state index contributed by atoms with van der Waals surface area (Å²) in [6.07, 6.45) is 0. The molecule has 0 N–H and O–H groups in total. The fourth-order valence-corrected chi connectivity index (χ4v) is 4.02. The van der Waals surface area contributed by atoms with Crippen molar-refractivity contribution in [2.24, 2.45) is 0 Å². The van der Waals surface area contributed by atoms with Crippen LogP contribution >= 0.6 is 0 Å². The first-order valence-electron chi connectivity index (χ1n) is 9.96. The van der Waals surface area contributed by atoms with Crippen molar-refractivity contribution >= 4 is 22.6 Å². The van der Waals surface area contributed by atoms with Crippen LogP contribution in [0.3, 0.4) is 0 Å². The largest absolute Gasteiger partial charge is 0.494 e. The van der Waals surface area contributed by atoms with Gasteiger partial charge in [-0.15, -0.1) is 0 Å². The molecule has 2 heterocycles. The number of benzene rings is 3. The SMILES string of the molecule is CCOc1ccc(C2c3c(oc4ccccc4c3=O)C(=O)N2c2ccc(F)cc2)cc1. The normalized spacial score (nSPS) is 15.4. The summed E-state index contributed by atoms with van der Waals surface area (Å²) in [5.74, 6) is -0.157. The summed E-state index contributed by atoms with van der Waals surface area (Å²) < 4.78 is 25.0. The molecule has 1 aromatic heterocycles. The molecule has 6 heteroatoms. The second kappa shape index (κ2) is 7.40. The van der Waals surface area contributed by atoms with Crippen molar-refractivity contribution in [1.82, 2.24) is 0 Å². The van der Waals surface area contributed by atoms with E-state index in [1.165, 1.54) is 29.2 Å². The molecule has 0 radical (unpaired) electrons. The molecular weight excluding hydrogens is 397 g/mol. The van der Waals surface area contributed by atoms with Crippen LogP contribution in [-0.4, -0.2) is 12.5 Å². The number of carbonyl (C=O) groups excluding carboxylic acids is 1. The van der Waals surface area contributed by atoms with Crippen LogP contribution in [0.1, 0.15) is 34.6 Å². The minimum Gasteiger partial charge on any atom is -0.494 e. The van der Waals surface area contributed by atoms with Crippen molar-refractivity contribution in [2.45, 2.75) is 13.0 Å². The lowest BCUT2D eigenvalue weighted by atomic mass is 9.98. The molecule has 0 saturated carbocycles. The average Bonchev–Trinajstić information content (AvgIpc) is 3.08. The molecule has 1 aliphatic heterocycles. The summed E-state index contributed by atoms with van der Waals surface area (Å²) in [4.78, 5) is 28.3. The van der Waals surface area contributed by atoms with Gasteiger partial charge in [0.2, 0.25) is 5.76 Å². The van der Waals surface area contributed by atoms with Crippen LogP contribution in [0.5, 0.6) is 5.75 Å². The maximum atomic E-state index is 13.5. The van der Waals surface area contributed by atoms with E-state index in [1.54, 1.807) is 36.4 Å². The standard InChI is InChI=1S/C25H18FNO4/c1-2-30-18-13-7-15(8-14-18)22-21-23(28)19-5-3-4-6-20(19)31-24(21)25(29)27(22)17-11-9-16(26)10-12-17/h3-14,22H,2H2,1H3. The van der Waals surface area contributed by atoms with Gasteiger partial charge in [-0.2, -0.15) is 0 Å². The predicted octanol–water partition coefficient (Wildman–Crippen LogP) is 5.08. The highest BCUT2D eigenvalue weighted by Gasteiger charge is 2.43. The highest BCUT2D eigenvalue weighted by Crippen LogP contribution is 2.41. The third-order valence-electron chi connectivity index (χ3n) is 5.39. The summed E-state index contributed by atoms with van der Waals surface area (Å²) in [6, 6.07) is 19.0. The smallest absolute Gasteiger partial charge is 0.295 e. The van der Waals surface area contributed by atoms with Crippen molar-refractivity contribution in [1.29, 1.82) is 0 Å². The molecule has 1 atom stereocenters. The van der Waals surface area contributed by atoms with Gasteiger partial charge in [0.1, 0.15) is 17.1 Å². The van der Waals surface area contributed by atoms with Crippen LogP contribution in [0.2, 0.25) is 0 Å². The molecule has 3 aromatic carbocycles. The Labute approximate surface area is 177 Å². The summed E-state index contributed by atoms with van der Waals surface area (Å²) in [7, 11) is 0. The Morgan fingerprint density at radius 1 is 0.968 bits per heavy atom. The maximum absolute atomic E-state index is 13.5. The van der Waals surface area contributed by atoms with Crippen LogP contribution < -0.4 is 15.1 Å². The number of rotatable bonds is 4. The Bertz CT molecular complexity index is 1340. The molecule has 31 heavy (non-hydrogen) atoms. The van der Waals surface area contributed by atoms with Gasteiger partial charge in [0.25, 0.3) is 5.91 Å². The number of halogens is 1. The highest BCUT2D eigenvalue weighted by molar-refractivity contribution is 6.10. The Morgan fingerprint density at radius 3 is 2.39 bits per heavy atom. The van der Waals surface area contributed by atoms with E-state index in [0.717, 1.165) is 5.56 Å². The van der Waals surface area contributed by atoms with Crippen molar-refractivity contribution < 1.29 is 18.3 Å². The number of amides is 1. The first-order chi connectivity index (χ1) is 15.1. The Kier molecular flexibility index (Phi) is 4.55. The Hall–Kier alpha value is -3.93. The number of carbonyl (C=O) groups is 1. The van der Waals surface area contributed by atoms with Gasteiger partial charge in [0, 0.05) is 5.69 Å². The molecule has 4 aromatic rings. The second-order valence-electron chi connectivity index (χ2n) is 7.23. The first kappa shape index (κ1) is 19.1. The van der Waals surface area contributed by atoms with Gasteiger partial charge in [0.05, 0.1) is 23.6 Å². The monoisotopic (exact) mass is 415 g/mol. The number of anilines is 1. The minimum atomic E-state index is -0.704. The zero-order valence-electron chi connectivity index (χ0n) is 16.7. The Morgan fingerprint density at radius 2 is 1.68 bits per heavy atom. The van der Waals surface area contributed by atoms with E-state index in [9.17, 15) is 14.0 Å². The number of fused-ring (bicyclic) bond motifs is 2. The highest BCUT2D eigenvalue weighted by atomic mass is 19.1. The molecule has 0 fully saturated rings.